The summed E-state index contributed by atoms with van der Waals surface area (Å²) in [7, 11) is 1.66. The summed E-state index contributed by atoms with van der Waals surface area (Å²) in [6, 6.07) is 8.80. The SMILES string of the molecule is COCc1nocc1-c1nc2ccccc2n1C1CCC1. The molecule has 0 bridgehead atoms. The standard InChI is InChI=1S/C16H17N3O2/c1-20-10-14-12(9-21-18-14)16-17-13-7-2-3-8-15(13)19(16)11-5-4-6-11/h2-3,7-9,11H,4-6,10H2,1H3. The van der Waals surface area contributed by atoms with Gasteiger partial charge < -0.3 is 13.8 Å². The van der Waals surface area contributed by atoms with Gasteiger partial charge in [-0.15, -0.1) is 0 Å². The maximum absolute atomic E-state index is 5.20. The zero-order valence-electron chi connectivity index (χ0n) is 12.0. The molecule has 1 fully saturated rings. The number of nitrogens with zero attached hydrogens (tertiary/aromatic N) is 3. The van der Waals surface area contributed by atoms with Gasteiger partial charge in [-0.2, -0.15) is 0 Å². The minimum absolute atomic E-state index is 0.430. The molecule has 3 aromatic rings. The largest absolute Gasteiger partial charge is 0.378 e. The maximum Gasteiger partial charge on any atom is 0.146 e. The number of ether oxygens (including phenoxy) is 1. The predicted molar refractivity (Wildman–Crippen MR) is 78.8 cm³/mol. The summed E-state index contributed by atoms with van der Waals surface area (Å²) >= 11 is 0. The average molecular weight is 283 g/mol. The highest BCUT2D eigenvalue weighted by atomic mass is 16.5. The molecule has 2 aromatic heterocycles. The Kier molecular flexibility index (Phi) is 3.00. The Morgan fingerprint density at radius 2 is 2.19 bits per heavy atom. The van der Waals surface area contributed by atoms with Crippen molar-refractivity contribution in [3.05, 3.63) is 36.2 Å². The first-order valence-corrected chi connectivity index (χ1v) is 7.28. The van der Waals surface area contributed by atoms with Crippen molar-refractivity contribution >= 4 is 11.0 Å². The third kappa shape index (κ3) is 1.96. The van der Waals surface area contributed by atoms with Crippen LogP contribution in [0.3, 0.4) is 0 Å². The molecule has 0 amide bonds. The molecule has 5 nitrogen and oxygen atoms in total. The highest BCUT2D eigenvalue weighted by Crippen LogP contribution is 2.39. The van der Waals surface area contributed by atoms with Crippen molar-refractivity contribution in [2.45, 2.75) is 31.9 Å². The Hall–Kier alpha value is -2.14. The Morgan fingerprint density at radius 3 is 2.95 bits per heavy atom. The van der Waals surface area contributed by atoms with Crippen molar-refractivity contribution in [2.75, 3.05) is 7.11 Å². The number of aromatic nitrogens is 3. The Morgan fingerprint density at radius 1 is 1.33 bits per heavy atom. The van der Waals surface area contributed by atoms with Crippen LogP contribution in [0.2, 0.25) is 0 Å². The number of para-hydroxylation sites is 2. The molecular formula is C16H17N3O2. The molecule has 1 saturated carbocycles. The monoisotopic (exact) mass is 283 g/mol. The third-order valence-electron chi connectivity index (χ3n) is 4.20. The lowest BCUT2D eigenvalue weighted by Gasteiger charge is -2.29. The van der Waals surface area contributed by atoms with Crippen molar-refractivity contribution in [1.29, 1.82) is 0 Å². The third-order valence-corrected chi connectivity index (χ3v) is 4.20. The van der Waals surface area contributed by atoms with Gasteiger partial charge in [0.2, 0.25) is 0 Å². The zero-order valence-corrected chi connectivity index (χ0v) is 12.0. The molecule has 0 spiro atoms. The van der Waals surface area contributed by atoms with Gasteiger partial charge in [0.25, 0.3) is 0 Å². The summed E-state index contributed by atoms with van der Waals surface area (Å²) in [6.45, 7) is 0.430. The molecule has 21 heavy (non-hydrogen) atoms. The lowest BCUT2D eigenvalue weighted by molar-refractivity contribution is 0.177. The molecule has 0 saturated heterocycles. The van der Waals surface area contributed by atoms with Gasteiger partial charge in [0.05, 0.1) is 23.2 Å². The van der Waals surface area contributed by atoms with E-state index in [4.69, 9.17) is 14.2 Å². The molecule has 108 valence electrons. The summed E-state index contributed by atoms with van der Waals surface area (Å²) in [5, 5.41) is 4.04. The van der Waals surface area contributed by atoms with Crippen LogP contribution < -0.4 is 0 Å². The van der Waals surface area contributed by atoms with Gasteiger partial charge in [-0.3, -0.25) is 0 Å². The van der Waals surface area contributed by atoms with Gasteiger partial charge in [0.1, 0.15) is 17.8 Å². The molecule has 1 aromatic carbocycles. The van der Waals surface area contributed by atoms with Gasteiger partial charge in [0.15, 0.2) is 0 Å². The molecular weight excluding hydrogens is 266 g/mol. The summed E-state index contributed by atoms with van der Waals surface area (Å²) in [5.41, 5.74) is 3.93. The number of rotatable bonds is 4. The number of methoxy groups -OCH3 is 1. The number of hydrogen-bond donors (Lipinski definition) is 0. The van der Waals surface area contributed by atoms with E-state index in [1.807, 2.05) is 6.07 Å². The second-order valence-corrected chi connectivity index (χ2v) is 5.49. The minimum Gasteiger partial charge on any atom is -0.378 e. The fourth-order valence-corrected chi connectivity index (χ4v) is 2.93. The van der Waals surface area contributed by atoms with E-state index in [-0.39, 0.29) is 0 Å². The fourth-order valence-electron chi connectivity index (χ4n) is 2.93. The predicted octanol–water partition coefficient (Wildman–Crippen LogP) is 3.56. The molecule has 0 aliphatic heterocycles. The van der Waals surface area contributed by atoms with Gasteiger partial charge >= 0.3 is 0 Å². The van der Waals surface area contributed by atoms with Crippen molar-refractivity contribution in [1.82, 2.24) is 14.7 Å². The molecule has 4 rings (SSSR count). The quantitative estimate of drug-likeness (QED) is 0.734. The second-order valence-electron chi connectivity index (χ2n) is 5.49. The van der Waals surface area contributed by atoms with Crippen LogP contribution in [0.5, 0.6) is 0 Å². The number of imidazole rings is 1. The lowest BCUT2D eigenvalue weighted by atomic mass is 9.92. The molecule has 2 heterocycles. The smallest absolute Gasteiger partial charge is 0.146 e. The van der Waals surface area contributed by atoms with E-state index in [0.717, 1.165) is 22.6 Å². The van der Waals surface area contributed by atoms with E-state index < -0.39 is 0 Å². The minimum atomic E-state index is 0.430. The summed E-state index contributed by atoms with van der Waals surface area (Å²) < 4.78 is 12.7. The first-order chi connectivity index (χ1) is 10.4. The lowest BCUT2D eigenvalue weighted by Crippen LogP contribution is -2.18. The molecule has 1 aliphatic carbocycles. The number of benzene rings is 1. The number of fused-ring (bicyclic) bond motifs is 1. The van der Waals surface area contributed by atoms with Crippen molar-refractivity contribution < 1.29 is 9.26 Å². The summed E-state index contributed by atoms with van der Waals surface area (Å²) in [6.07, 6.45) is 5.37. The first-order valence-electron chi connectivity index (χ1n) is 7.28. The molecule has 5 heteroatoms. The summed E-state index contributed by atoms with van der Waals surface area (Å²) in [4.78, 5) is 4.81. The van der Waals surface area contributed by atoms with Crippen molar-refractivity contribution in [2.24, 2.45) is 0 Å². The fraction of sp³-hybridized carbons (Fsp3) is 0.375. The average Bonchev–Trinajstić information content (AvgIpc) is 3.03. The molecule has 0 N–H and O–H groups in total. The molecule has 1 aliphatic rings. The second kappa shape index (κ2) is 5.00. The van der Waals surface area contributed by atoms with Crippen LogP contribution in [0.4, 0.5) is 0 Å². The van der Waals surface area contributed by atoms with E-state index in [1.165, 1.54) is 24.8 Å². The van der Waals surface area contributed by atoms with E-state index in [0.29, 0.717) is 12.6 Å². The zero-order chi connectivity index (χ0) is 14.2. The van der Waals surface area contributed by atoms with Gasteiger partial charge in [-0.05, 0) is 31.4 Å². The van der Waals surface area contributed by atoms with Gasteiger partial charge in [0, 0.05) is 13.2 Å². The normalized spacial score (nSPS) is 15.5. The van der Waals surface area contributed by atoms with Crippen LogP contribution in [0.15, 0.2) is 35.1 Å². The maximum atomic E-state index is 5.20. The van der Waals surface area contributed by atoms with Crippen LogP contribution in [-0.2, 0) is 11.3 Å². The Balaban J connectivity index is 1.92. The summed E-state index contributed by atoms with van der Waals surface area (Å²) in [5.74, 6) is 0.939. The van der Waals surface area contributed by atoms with Crippen LogP contribution in [0, 0.1) is 0 Å². The van der Waals surface area contributed by atoms with E-state index in [1.54, 1.807) is 13.4 Å². The van der Waals surface area contributed by atoms with Crippen LogP contribution >= 0.6 is 0 Å². The van der Waals surface area contributed by atoms with Gasteiger partial charge in [-0.1, -0.05) is 17.3 Å². The Bertz CT molecular complexity index is 771. The molecule has 0 atom stereocenters. The first kappa shape index (κ1) is 12.6. The molecule has 0 radical (unpaired) electrons. The van der Waals surface area contributed by atoms with Crippen molar-refractivity contribution in [3.8, 4) is 11.4 Å². The number of hydrogen-bond acceptors (Lipinski definition) is 4. The van der Waals surface area contributed by atoms with Crippen LogP contribution in [-0.4, -0.2) is 21.8 Å². The molecule has 0 unspecified atom stereocenters. The van der Waals surface area contributed by atoms with E-state index in [2.05, 4.69) is 27.9 Å². The van der Waals surface area contributed by atoms with E-state index in [9.17, 15) is 0 Å². The van der Waals surface area contributed by atoms with Gasteiger partial charge in [-0.25, -0.2) is 4.98 Å². The van der Waals surface area contributed by atoms with E-state index >= 15 is 0 Å². The van der Waals surface area contributed by atoms with Crippen molar-refractivity contribution in [3.63, 3.8) is 0 Å². The van der Waals surface area contributed by atoms with Crippen LogP contribution in [0.25, 0.3) is 22.4 Å². The highest BCUT2D eigenvalue weighted by molar-refractivity contribution is 5.81. The van der Waals surface area contributed by atoms with Crippen LogP contribution in [0.1, 0.15) is 31.0 Å². The highest BCUT2D eigenvalue weighted by Gasteiger charge is 2.27. The topological polar surface area (TPSA) is 53.1 Å². The Labute approximate surface area is 122 Å².